The average Bonchev–Trinajstić information content (AvgIpc) is 2.82. The molecule has 0 aromatic carbocycles. The van der Waals surface area contributed by atoms with Crippen LogP contribution in [0.15, 0.2) is 11.3 Å². The fraction of sp³-hybridized carbons (Fsp3) is 0.500. The molecule has 1 unspecified atom stereocenters. The van der Waals surface area contributed by atoms with Gasteiger partial charge in [0, 0.05) is 19.2 Å². The molecule has 0 saturated carbocycles. The number of β-lactam (4-membered cyclic amide) rings is 1. The number of thioether (sulfide) groups is 1. The zero-order chi connectivity index (χ0) is 14.4. The molecular formula is C10H12N6O2S2. The number of carbonyl (C=O) groups excluding carboxylic acids is 2. The first-order valence-corrected chi connectivity index (χ1v) is 7.37. The van der Waals surface area contributed by atoms with E-state index >= 15 is 0 Å². The van der Waals surface area contributed by atoms with Crippen molar-refractivity contribution in [3.8, 4) is 0 Å². The van der Waals surface area contributed by atoms with Crippen molar-refractivity contribution in [2.75, 3.05) is 5.75 Å². The van der Waals surface area contributed by atoms with Crippen LogP contribution in [0.3, 0.4) is 0 Å². The van der Waals surface area contributed by atoms with Crippen molar-refractivity contribution in [2.45, 2.75) is 17.8 Å². The van der Waals surface area contributed by atoms with Gasteiger partial charge in [0.1, 0.15) is 11.4 Å². The predicted molar refractivity (Wildman–Crippen MR) is 74.6 cm³/mol. The van der Waals surface area contributed by atoms with E-state index in [1.807, 2.05) is 0 Å². The molecule has 0 bridgehead atoms. The SMILES string of the molecule is Cn1nnnc1CC1=C(C(=O)S)N2C(=O)C(N)[C@H]2SC1. The Bertz CT molecular complexity index is 627. The van der Waals surface area contributed by atoms with E-state index in [1.54, 1.807) is 7.05 Å². The number of rotatable bonds is 3. The molecule has 1 fully saturated rings. The molecule has 1 amide bonds. The van der Waals surface area contributed by atoms with Crippen LogP contribution in [0.2, 0.25) is 0 Å². The monoisotopic (exact) mass is 312 g/mol. The van der Waals surface area contributed by atoms with Gasteiger partial charge in [0.05, 0.1) is 5.70 Å². The quantitative estimate of drug-likeness (QED) is 0.528. The number of thiol groups is 1. The zero-order valence-corrected chi connectivity index (χ0v) is 12.3. The van der Waals surface area contributed by atoms with E-state index in [9.17, 15) is 9.59 Å². The first-order valence-electron chi connectivity index (χ1n) is 5.87. The van der Waals surface area contributed by atoms with Crippen LogP contribution < -0.4 is 5.73 Å². The van der Waals surface area contributed by atoms with Crippen molar-refractivity contribution < 1.29 is 9.59 Å². The molecule has 0 spiro atoms. The number of hydrogen-bond donors (Lipinski definition) is 2. The van der Waals surface area contributed by atoms with E-state index in [0.29, 0.717) is 23.7 Å². The summed E-state index contributed by atoms with van der Waals surface area (Å²) in [6.07, 6.45) is 0.407. The van der Waals surface area contributed by atoms with E-state index in [4.69, 9.17) is 5.73 Å². The number of amides is 1. The van der Waals surface area contributed by atoms with E-state index < -0.39 is 11.2 Å². The first-order chi connectivity index (χ1) is 9.50. The molecule has 106 valence electrons. The summed E-state index contributed by atoms with van der Waals surface area (Å²) in [7, 11) is 1.72. The maximum absolute atomic E-state index is 11.8. The third-order valence-electron chi connectivity index (χ3n) is 3.37. The van der Waals surface area contributed by atoms with Gasteiger partial charge in [-0.2, -0.15) is 0 Å². The Labute approximate surface area is 124 Å². The summed E-state index contributed by atoms with van der Waals surface area (Å²) in [6.45, 7) is 0. The summed E-state index contributed by atoms with van der Waals surface area (Å²) in [5.74, 6) is 0.994. The third kappa shape index (κ3) is 1.95. The van der Waals surface area contributed by atoms with Crippen molar-refractivity contribution in [2.24, 2.45) is 12.8 Å². The van der Waals surface area contributed by atoms with Gasteiger partial charge in [-0.1, -0.05) is 12.6 Å². The van der Waals surface area contributed by atoms with Gasteiger partial charge in [-0.05, 0) is 16.0 Å². The summed E-state index contributed by atoms with van der Waals surface area (Å²) < 4.78 is 1.54. The number of aromatic nitrogens is 4. The van der Waals surface area contributed by atoms with E-state index in [-0.39, 0.29) is 11.3 Å². The van der Waals surface area contributed by atoms with Crippen LogP contribution in [0, 0.1) is 0 Å². The van der Waals surface area contributed by atoms with Crippen LogP contribution in [0.4, 0.5) is 0 Å². The molecule has 2 aliphatic heterocycles. The molecule has 8 nitrogen and oxygen atoms in total. The lowest BCUT2D eigenvalue weighted by Gasteiger charge is -2.48. The second-order valence-corrected chi connectivity index (χ2v) is 6.10. The lowest BCUT2D eigenvalue weighted by molar-refractivity contribution is -0.142. The van der Waals surface area contributed by atoms with E-state index in [1.165, 1.54) is 21.3 Å². The van der Waals surface area contributed by atoms with E-state index in [0.717, 1.165) is 5.57 Å². The Hall–Kier alpha value is -1.39. The van der Waals surface area contributed by atoms with Gasteiger partial charge >= 0.3 is 0 Å². The lowest BCUT2D eigenvalue weighted by atomic mass is 10.0. The maximum Gasteiger partial charge on any atom is 0.248 e. The highest BCUT2D eigenvalue weighted by Crippen LogP contribution is 2.40. The first kappa shape index (κ1) is 13.6. The number of hydrogen-bond acceptors (Lipinski definition) is 7. The molecule has 3 rings (SSSR count). The Balaban J connectivity index is 1.96. The van der Waals surface area contributed by atoms with Crippen LogP contribution in [0.1, 0.15) is 5.82 Å². The number of nitrogens with zero attached hydrogens (tertiary/aromatic N) is 5. The van der Waals surface area contributed by atoms with E-state index in [2.05, 4.69) is 28.2 Å². The van der Waals surface area contributed by atoms with Gasteiger partial charge in [0.2, 0.25) is 11.0 Å². The smallest absolute Gasteiger partial charge is 0.248 e. The number of carbonyl (C=O) groups is 2. The largest absolute Gasteiger partial charge is 0.317 e. The molecule has 20 heavy (non-hydrogen) atoms. The fourth-order valence-electron chi connectivity index (χ4n) is 2.30. The Morgan fingerprint density at radius 1 is 1.60 bits per heavy atom. The highest BCUT2D eigenvalue weighted by molar-refractivity contribution is 8.00. The molecule has 2 N–H and O–H groups in total. The van der Waals surface area contributed by atoms with Crippen LogP contribution in [-0.2, 0) is 23.1 Å². The van der Waals surface area contributed by atoms with Gasteiger partial charge in [0.25, 0.3) is 0 Å². The molecule has 1 aromatic rings. The average molecular weight is 312 g/mol. The molecule has 2 aliphatic rings. The summed E-state index contributed by atoms with van der Waals surface area (Å²) in [5, 5.41) is 10.6. The third-order valence-corrected chi connectivity index (χ3v) is 4.94. The number of nitrogens with two attached hydrogens (primary N) is 1. The summed E-state index contributed by atoms with van der Waals surface area (Å²) in [5.41, 5.74) is 6.86. The predicted octanol–water partition coefficient (Wildman–Crippen LogP) is -1.29. The second-order valence-electron chi connectivity index (χ2n) is 4.59. The molecule has 10 heteroatoms. The van der Waals surface area contributed by atoms with Gasteiger partial charge < -0.3 is 5.73 Å². The molecule has 1 aromatic heterocycles. The van der Waals surface area contributed by atoms with Gasteiger partial charge in [0.15, 0.2) is 5.82 Å². The molecule has 3 heterocycles. The molecule has 0 aliphatic carbocycles. The summed E-state index contributed by atoms with van der Waals surface area (Å²) >= 11 is 5.42. The van der Waals surface area contributed by atoms with Gasteiger partial charge in [-0.3, -0.25) is 14.5 Å². The van der Waals surface area contributed by atoms with Crippen LogP contribution in [0.5, 0.6) is 0 Å². The normalized spacial score (nSPS) is 25.6. The fourth-order valence-corrected chi connectivity index (χ4v) is 3.86. The highest BCUT2D eigenvalue weighted by Gasteiger charge is 2.51. The van der Waals surface area contributed by atoms with Crippen molar-refractivity contribution in [1.82, 2.24) is 25.1 Å². The van der Waals surface area contributed by atoms with Gasteiger partial charge in [-0.25, -0.2) is 4.68 Å². The van der Waals surface area contributed by atoms with Crippen LogP contribution >= 0.6 is 24.4 Å². The van der Waals surface area contributed by atoms with Crippen molar-refractivity contribution in [3.05, 3.63) is 17.1 Å². The second kappa shape index (κ2) is 4.86. The summed E-state index contributed by atoms with van der Waals surface area (Å²) in [4.78, 5) is 25.1. The molecule has 0 radical (unpaired) electrons. The molecule has 1 saturated heterocycles. The minimum atomic E-state index is -0.541. The Morgan fingerprint density at radius 2 is 2.35 bits per heavy atom. The van der Waals surface area contributed by atoms with Crippen molar-refractivity contribution in [1.29, 1.82) is 0 Å². The number of tetrazole rings is 1. The maximum atomic E-state index is 11.8. The van der Waals surface area contributed by atoms with Crippen LogP contribution in [0.25, 0.3) is 0 Å². The van der Waals surface area contributed by atoms with Crippen molar-refractivity contribution >= 4 is 35.4 Å². The van der Waals surface area contributed by atoms with Gasteiger partial charge in [-0.15, -0.1) is 16.9 Å². The lowest BCUT2D eigenvalue weighted by Crippen LogP contribution is -2.68. The van der Waals surface area contributed by atoms with Crippen LogP contribution in [-0.4, -0.2) is 53.3 Å². The number of aryl methyl sites for hydroxylation is 1. The highest BCUT2D eigenvalue weighted by atomic mass is 32.2. The Kier molecular flexibility index (Phi) is 3.30. The zero-order valence-electron chi connectivity index (χ0n) is 10.6. The minimum Gasteiger partial charge on any atom is -0.317 e. The summed E-state index contributed by atoms with van der Waals surface area (Å²) in [6, 6.07) is -0.541. The van der Waals surface area contributed by atoms with Crippen molar-refractivity contribution in [3.63, 3.8) is 0 Å². The minimum absolute atomic E-state index is 0.171. The number of fused-ring (bicyclic) bond motifs is 1. The molecule has 2 atom stereocenters. The molecular weight excluding hydrogens is 300 g/mol. The topological polar surface area (TPSA) is 107 Å². The standard InChI is InChI=1S/C10H12N6O2S2/c1-15-5(12-13-14-15)2-4-3-20-9-6(11)8(17)16(9)7(4)10(18)19/h6,9H,2-3,11H2,1H3,(H,18,19)/t6?,9-/m1/s1. The Morgan fingerprint density at radius 3 is 2.95 bits per heavy atom.